The Morgan fingerprint density at radius 3 is 2.46 bits per heavy atom. The van der Waals surface area contributed by atoms with Crippen molar-refractivity contribution in [3.8, 4) is 21.8 Å². The molecule has 0 aliphatic heterocycles. The molecular weight excluding hydrogens is 484 g/mol. The smallest absolute Gasteiger partial charge is 0.279 e. The normalized spacial score (nSPS) is 12.0. The molecule has 0 unspecified atom stereocenters. The van der Waals surface area contributed by atoms with Crippen molar-refractivity contribution in [1.82, 2.24) is 28.9 Å². The van der Waals surface area contributed by atoms with Gasteiger partial charge in [0.05, 0.1) is 16.3 Å². The van der Waals surface area contributed by atoms with E-state index in [4.69, 9.17) is 9.97 Å². The van der Waals surface area contributed by atoms with E-state index in [1.165, 1.54) is 25.4 Å². The zero-order chi connectivity index (χ0) is 25.6. The minimum atomic E-state index is -3.56. The average Bonchev–Trinajstić information content (AvgIpc) is 3.25. The summed E-state index contributed by atoms with van der Waals surface area (Å²) in [7, 11) is 3.45. The molecule has 0 aliphatic rings. The van der Waals surface area contributed by atoms with Gasteiger partial charge in [0.2, 0.25) is 5.95 Å². The van der Waals surface area contributed by atoms with Gasteiger partial charge < -0.3 is 15.5 Å². The lowest BCUT2D eigenvalue weighted by molar-refractivity contribution is 0.425. The van der Waals surface area contributed by atoms with E-state index in [2.05, 4.69) is 39.1 Å². The summed E-state index contributed by atoms with van der Waals surface area (Å²) in [6.45, 7) is 5.79. The van der Waals surface area contributed by atoms with Crippen LogP contribution in [0, 0.1) is 0 Å². The van der Waals surface area contributed by atoms with Gasteiger partial charge in [0, 0.05) is 51.5 Å². The van der Waals surface area contributed by atoms with Gasteiger partial charge >= 0.3 is 0 Å². The van der Waals surface area contributed by atoms with Crippen LogP contribution in [0.15, 0.2) is 36.5 Å². The monoisotopic (exact) mass is 518 g/mol. The number of anilines is 2. The van der Waals surface area contributed by atoms with Gasteiger partial charge in [-0.2, -0.15) is 17.4 Å². The van der Waals surface area contributed by atoms with Crippen LogP contribution >= 0.6 is 11.3 Å². The van der Waals surface area contributed by atoms with E-state index in [1.54, 1.807) is 0 Å². The second-order valence-electron chi connectivity index (χ2n) is 8.79. The molecule has 0 atom stereocenters. The first-order chi connectivity index (χ1) is 16.5. The largest absolute Gasteiger partial charge is 0.359 e. The van der Waals surface area contributed by atoms with E-state index in [0.717, 1.165) is 37.7 Å². The van der Waals surface area contributed by atoms with Gasteiger partial charge in [-0.25, -0.2) is 15.0 Å². The average molecular weight is 519 g/mol. The minimum absolute atomic E-state index is 0.141. The van der Waals surface area contributed by atoms with Crippen LogP contribution in [-0.4, -0.2) is 79.9 Å². The molecule has 0 spiro atoms. The molecule has 3 aromatic rings. The van der Waals surface area contributed by atoms with Crippen LogP contribution in [0.3, 0.4) is 0 Å². The predicted octanol–water partition coefficient (Wildman–Crippen LogP) is 2.96. The molecule has 35 heavy (non-hydrogen) atoms. The van der Waals surface area contributed by atoms with Crippen LogP contribution < -0.4 is 15.4 Å². The van der Waals surface area contributed by atoms with Gasteiger partial charge in [-0.15, -0.1) is 0 Å². The lowest BCUT2D eigenvalue weighted by Gasteiger charge is -2.15. The lowest BCUT2D eigenvalue weighted by Crippen LogP contribution is -2.35. The van der Waals surface area contributed by atoms with Crippen molar-refractivity contribution in [3.05, 3.63) is 42.1 Å². The molecule has 0 amide bonds. The van der Waals surface area contributed by atoms with E-state index >= 15 is 0 Å². The van der Waals surface area contributed by atoms with E-state index in [9.17, 15) is 8.42 Å². The van der Waals surface area contributed by atoms with Crippen LogP contribution in [0.4, 0.5) is 11.1 Å². The topological polar surface area (TPSA) is 115 Å². The standard InChI is InChI=1S/C23H34N8O2S2/c1-16(2)27-23-25-15-21(34-23)20-13-19(28-22(29-20)24-11-12-30(3)4)18-10-8-7-9-17(18)14-26-35(32,33)31(5)6/h7-10,13,15-16,26H,11-12,14H2,1-6H3,(H,25,27)(H,24,28,29). The van der Waals surface area contributed by atoms with Crippen LogP contribution in [0.25, 0.3) is 21.8 Å². The summed E-state index contributed by atoms with van der Waals surface area (Å²) in [5, 5.41) is 7.47. The lowest BCUT2D eigenvalue weighted by atomic mass is 10.0. The summed E-state index contributed by atoms with van der Waals surface area (Å²) in [5.41, 5.74) is 3.10. The first-order valence-electron chi connectivity index (χ1n) is 11.3. The summed E-state index contributed by atoms with van der Waals surface area (Å²) < 4.78 is 28.3. The fourth-order valence-electron chi connectivity index (χ4n) is 3.11. The number of aromatic nitrogens is 3. The summed E-state index contributed by atoms with van der Waals surface area (Å²) in [6, 6.07) is 9.82. The quantitative estimate of drug-likeness (QED) is 0.335. The van der Waals surface area contributed by atoms with Gasteiger partial charge in [0.15, 0.2) is 5.13 Å². The van der Waals surface area contributed by atoms with E-state index in [0.29, 0.717) is 18.2 Å². The second-order valence-corrected chi connectivity index (χ2v) is 11.8. The predicted molar refractivity (Wildman–Crippen MR) is 144 cm³/mol. The Labute approximate surface area is 212 Å². The number of nitrogens with zero attached hydrogens (tertiary/aromatic N) is 5. The number of likely N-dealkylation sites (N-methyl/N-ethyl adjacent to an activating group) is 1. The molecule has 2 aromatic heterocycles. The van der Waals surface area contributed by atoms with E-state index in [-0.39, 0.29) is 12.6 Å². The highest BCUT2D eigenvalue weighted by Crippen LogP contribution is 2.32. The molecule has 0 saturated heterocycles. The van der Waals surface area contributed by atoms with E-state index < -0.39 is 10.2 Å². The van der Waals surface area contributed by atoms with Crippen molar-refractivity contribution in [2.24, 2.45) is 0 Å². The molecule has 3 N–H and O–H groups in total. The SMILES string of the molecule is CC(C)Nc1ncc(-c2cc(-c3ccccc3CNS(=O)(=O)N(C)C)nc(NCCN(C)C)n2)s1. The highest BCUT2D eigenvalue weighted by atomic mass is 32.2. The fourth-order valence-corrected chi connectivity index (χ4v) is 4.63. The van der Waals surface area contributed by atoms with Crippen LogP contribution in [0.1, 0.15) is 19.4 Å². The molecule has 0 radical (unpaired) electrons. The molecule has 2 heterocycles. The highest BCUT2D eigenvalue weighted by Gasteiger charge is 2.17. The Balaban J connectivity index is 1.99. The molecule has 10 nitrogen and oxygen atoms in total. The van der Waals surface area contributed by atoms with Crippen molar-refractivity contribution in [1.29, 1.82) is 0 Å². The van der Waals surface area contributed by atoms with Crippen LogP contribution in [-0.2, 0) is 16.8 Å². The van der Waals surface area contributed by atoms with Crippen LogP contribution in [0.5, 0.6) is 0 Å². The molecule has 1 aromatic carbocycles. The van der Waals surface area contributed by atoms with Crippen molar-refractivity contribution >= 4 is 32.6 Å². The maximum Gasteiger partial charge on any atom is 0.279 e. The number of rotatable bonds is 12. The molecule has 0 fully saturated rings. The first kappa shape index (κ1) is 27.0. The molecule has 190 valence electrons. The first-order valence-corrected chi connectivity index (χ1v) is 13.6. The molecule has 0 saturated carbocycles. The molecule has 0 bridgehead atoms. The summed E-state index contributed by atoms with van der Waals surface area (Å²) in [4.78, 5) is 17.0. The number of thiazole rings is 1. The van der Waals surface area contributed by atoms with Gasteiger partial charge in [-0.1, -0.05) is 35.6 Å². The Morgan fingerprint density at radius 2 is 1.77 bits per heavy atom. The Hall–Kier alpha value is -2.64. The number of hydrogen-bond donors (Lipinski definition) is 3. The van der Waals surface area contributed by atoms with Crippen LogP contribution in [0.2, 0.25) is 0 Å². The number of benzene rings is 1. The highest BCUT2D eigenvalue weighted by molar-refractivity contribution is 7.87. The van der Waals surface area contributed by atoms with Crippen molar-refractivity contribution in [3.63, 3.8) is 0 Å². The van der Waals surface area contributed by atoms with Gasteiger partial charge in [-0.05, 0) is 39.6 Å². The summed E-state index contributed by atoms with van der Waals surface area (Å²) in [5.74, 6) is 0.509. The number of hydrogen-bond acceptors (Lipinski definition) is 9. The molecular formula is C23H34N8O2S2. The zero-order valence-electron chi connectivity index (χ0n) is 21.0. The fraction of sp³-hybridized carbons (Fsp3) is 0.435. The Bertz CT molecular complexity index is 1230. The van der Waals surface area contributed by atoms with E-state index in [1.807, 2.05) is 50.6 Å². The van der Waals surface area contributed by atoms with Gasteiger partial charge in [0.1, 0.15) is 0 Å². The maximum atomic E-state index is 12.3. The van der Waals surface area contributed by atoms with Crippen molar-refractivity contribution < 1.29 is 8.42 Å². The Kier molecular flexibility index (Phi) is 9.14. The van der Waals surface area contributed by atoms with Gasteiger partial charge in [-0.3, -0.25) is 0 Å². The minimum Gasteiger partial charge on any atom is -0.359 e. The maximum absolute atomic E-state index is 12.3. The third-order valence-corrected chi connectivity index (χ3v) is 7.38. The summed E-state index contributed by atoms with van der Waals surface area (Å²) in [6.07, 6.45) is 1.81. The molecule has 0 aliphatic carbocycles. The third-order valence-electron chi connectivity index (χ3n) is 4.96. The van der Waals surface area contributed by atoms with Crippen molar-refractivity contribution in [2.75, 3.05) is 51.9 Å². The van der Waals surface area contributed by atoms with Gasteiger partial charge in [0.25, 0.3) is 10.2 Å². The Morgan fingerprint density at radius 1 is 1.06 bits per heavy atom. The van der Waals surface area contributed by atoms with Crippen molar-refractivity contribution in [2.45, 2.75) is 26.4 Å². The zero-order valence-corrected chi connectivity index (χ0v) is 22.7. The second kappa shape index (κ2) is 11.9. The third kappa shape index (κ3) is 7.67. The molecule has 12 heteroatoms. The molecule has 3 rings (SSSR count). The number of nitrogens with one attached hydrogen (secondary N) is 3. The summed E-state index contributed by atoms with van der Waals surface area (Å²) >= 11 is 1.53.